The van der Waals surface area contributed by atoms with Crippen molar-refractivity contribution in [2.75, 3.05) is 44.7 Å². The molecule has 0 bridgehead atoms. The van der Waals surface area contributed by atoms with Gasteiger partial charge in [0.15, 0.2) is 11.5 Å². The minimum Gasteiger partial charge on any atom is -0.496 e. The van der Waals surface area contributed by atoms with Crippen molar-refractivity contribution in [2.45, 2.75) is 56.9 Å². The molecule has 3 aromatic heterocycles. The maximum atomic E-state index is 15.1. The van der Waals surface area contributed by atoms with Crippen molar-refractivity contribution in [3.05, 3.63) is 78.0 Å². The lowest BCUT2D eigenvalue weighted by molar-refractivity contribution is -0.134. The molecule has 3 fully saturated rings. The topological polar surface area (TPSA) is 139 Å². The van der Waals surface area contributed by atoms with Gasteiger partial charge in [0, 0.05) is 73.7 Å². The molecule has 270 valence electrons. The zero-order chi connectivity index (χ0) is 35.8. The fraction of sp³-hybridized carbons (Fsp3) is 0.421. The van der Waals surface area contributed by atoms with Crippen LogP contribution < -0.4 is 20.3 Å². The van der Waals surface area contributed by atoms with Gasteiger partial charge >= 0.3 is 0 Å². The van der Waals surface area contributed by atoms with Crippen molar-refractivity contribution in [1.29, 1.82) is 0 Å². The number of amides is 3. The maximum absolute atomic E-state index is 15.1. The number of halogens is 1. The van der Waals surface area contributed by atoms with Crippen LogP contribution in [0.25, 0.3) is 22.4 Å². The van der Waals surface area contributed by atoms with Gasteiger partial charge in [-0.2, -0.15) is 14.7 Å². The number of hydrogen-bond acceptors (Lipinski definition) is 9. The van der Waals surface area contributed by atoms with Gasteiger partial charge in [-0.3, -0.25) is 24.6 Å². The number of hydrogen-bond donors (Lipinski definition) is 2. The Hall–Kier alpha value is -5.37. The second-order valence-corrected chi connectivity index (χ2v) is 14.1. The van der Waals surface area contributed by atoms with Crippen molar-refractivity contribution in [2.24, 2.45) is 5.92 Å². The van der Waals surface area contributed by atoms with Gasteiger partial charge in [-0.05, 0) is 81.3 Å². The highest BCUT2D eigenvalue weighted by molar-refractivity contribution is 6.01. The van der Waals surface area contributed by atoms with Gasteiger partial charge in [-0.25, -0.2) is 14.1 Å². The van der Waals surface area contributed by atoms with Gasteiger partial charge in [0.1, 0.15) is 11.6 Å². The van der Waals surface area contributed by atoms with E-state index in [1.165, 1.54) is 6.07 Å². The largest absolute Gasteiger partial charge is 0.496 e. The van der Waals surface area contributed by atoms with E-state index in [-0.39, 0.29) is 24.3 Å². The van der Waals surface area contributed by atoms with Crippen LogP contribution >= 0.6 is 0 Å². The number of benzene rings is 2. The van der Waals surface area contributed by atoms with E-state index in [1.807, 2.05) is 30.5 Å². The Bertz CT molecular complexity index is 2130. The van der Waals surface area contributed by atoms with Crippen LogP contribution in [-0.2, 0) is 9.59 Å². The van der Waals surface area contributed by atoms with Gasteiger partial charge in [0.2, 0.25) is 11.8 Å². The highest BCUT2D eigenvalue weighted by atomic mass is 19.1. The molecule has 14 heteroatoms. The zero-order valence-electron chi connectivity index (χ0n) is 29.1. The molecule has 2 N–H and O–H groups in total. The Labute approximate surface area is 300 Å². The molecule has 52 heavy (non-hydrogen) atoms. The Balaban J connectivity index is 0.805. The fourth-order valence-corrected chi connectivity index (χ4v) is 7.93. The van der Waals surface area contributed by atoms with Crippen LogP contribution in [0.2, 0.25) is 0 Å². The number of carbonyl (C=O) groups is 3. The highest BCUT2D eigenvalue weighted by Gasteiger charge is 2.31. The second kappa shape index (κ2) is 14.3. The van der Waals surface area contributed by atoms with Crippen molar-refractivity contribution in [1.82, 2.24) is 39.9 Å². The van der Waals surface area contributed by atoms with E-state index in [9.17, 15) is 14.4 Å². The average Bonchev–Trinajstić information content (AvgIpc) is 3.78. The van der Waals surface area contributed by atoms with E-state index in [1.54, 1.807) is 40.8 Å². The van der Waals surface area contributed by atoms with Crippen LogP contribution in [0, 0.1) is 11.7 Å². The molecule has 13 nitrogen and oxygen atoms in total. The molecule has 0 radical (unpaired) electrons. The molecule has 8 rings (SSSR count). The number of rotatable bonds is 9. The van der Waals surface area contributed by atoms with Crippen LogP contribution in [0.15, 0.2) is 61.1 Å². The van der Waals surface area contributed by atoms with Crippen LogP contribution in [0.3, 0.4) is 0 Å². The molecule has 1 atom stereocenters. The zero-order valence-corrected chi connectivity index (χ0v) is 29.1. The molecule has 2 aliphatic heterocycles. The minimum atomic E-state index is -0.625. The van der Waals surface area contributed by atoms with E-state index >= 15 is 4.39 Å². The van der Waals surface area contributed by atoms with E-state index in [0.29, 0.717) is 40.5 Å². The van der Waals surface area contributed by atoms with Crippen LogP contribution in [0.1, 0.15) is 66.8 Å². The first-order valence-electron chi connectivity index (χ1n) is 18.1. The number of anilines is 1. The monoisotopic (exact) mass is 707 g/mol. The molecule has 1 aliphatic carbocycles. The highest BCUT2D eigenvalue weighted by Crippen LogP contribution is 2.32. The smallest absolute Gasteiger partial charge is 0.255 e. The lowest BCUT2D eigenvalue weighted by Crippen LogP contribution is -2.47. The third kappa shape index (κ3) is 6.82. The summed E-state index contributed by atoms with van der Waals surface area (Å²) in [5.41, 5.74) is 3.08. The van der Waals surface area contributed by atoms with Gasteiger partial charge in [-0.15, -0.1) is 0 Å². The second-order valence-electron chi connectivity index (χ2n) is 14.1. The molecule has 5 aromatic rings. The lowest BCUT2D eigenvalue weighted by atomic mass is 9.84. The number of fused-ring (bicyclic) bond motifs is 2. The van der Waals surface area contributed by atoms with E-state index in [0.717, 1.165) is 81.5 Å². The molecule has 2 saturated heterocycles. The third-order valence-corrected chi connectivity index (χ3v) is 10.9. The number of imidazole rings is 1. The predicted molar refractivity (Wildman–Crippen MR) is 192 cm³/mol. The Morgan fingerprint density at radius 3 is 2.63 bits per heavy atom. The molecule has 3 amide bonds. The van der Waals surface area contributed by atoms with Crippen LogP contribution in [-0.4, -0.2) is 92.9 Å². The van der Waals surface area contributed by atoms with Crippen molar-refractivity contribution < 1.29 is 23.5 Å². The summed E-state index contributed by atoms with van der Waals surface area (Å²) in [5, 5.41) is 15.5. The van der Waals surface area contributed by atoms with E-state index in [2.05, 4.69) is 30.5 Å². The number of aromatic nitrogens is 5. The molecule has 1 unspecified atom stereocenters. The van der Waals surface area contributed by atoms with E-state index in [4.69, 9.17) is 9.84 Å². The number of ether oxygens (including phenoxy) is 1. The third-order valence-electron chi connectivity index (χ3n) is 10.9. The predicted octanol–water partition coefficient (Wildman–Crippen LogP) is 4.24. The molecule has 0 spiro atoms. The van der Waals surface area contributed by atoms with Crippen molar-refractivity contribution in [3.8, 4) is 11.6 Å². The first-order chi connectivity index (χ1) is 25.3. The van der Waals surface area contributed by atoms with E-state index < -0.39 is 17.6 Å². The number of piperidine rings is 1. The summed E-state index contributed by atoms with van der Waals surface area (Å²) < 4.78 is 24.1. The van der Waals surface area contributed by atoms with Crippen molar-refractivity contribution in [3.63, 3.8) is 0 Å². The molecule has 5 heterocycles. The SMILES string of the molecule is COc1cc2nn(-c3cnc4cccnn34)cc2cc1C(=O)NC1CCC(CCN2CCN(c3ccc(C4CCC(=O)NC4=O)c(F)c3)CC2)CC1. The summed E-state index contributed by atoms with van der Waals surface area (Å²) >= 11 is 0. The van der Waals surface area contributed by atoms with Gasteiger partial charge in [0.05, 0.1) is 30.3 Å². The lowest BCUT2D eigenvalue weighted by Gasteiger charge is -2.37. The normalized spacial score (nSPS) is 21.4. The summed E-state index contributed by atoms with van der Waals surface area (Å²) in [4.78, 5) is 46.3. The number of piperazine rings is 1. The average molecular weight is 708 g/mol. The van der Waals surface area contributed by atoms with Gasteiger partial charge in [0.25, 0.3) is 5.91 Å². The number of nitrogens with one attached hydrogen (secondary N) is 2. The molecular weight excluding hydrogens is 665 g/mol. The summed E-state index contributed by atoms with van der Waals surface area (Å²) in [6.07, 6.45) is 11.0. The van der Waals surface area contributed by atoms with Gasteiger partial charge < -0.3 is 15.0 Å². The van der Waals surface area contributed by atoms with Crippen LogP contribution in [0.4, 0.5) is 10.1 Å². The van der Waals surface area contributed by atoms with Crippen LogP contribution in [0.5, 0.6) is 5.75 Å². The summed E-state index contributed by atoms with van der Waals surface area (Å²) in [6, 6.07) is 12.6. The molecule has 2 aromatic carbocycles. The maximum Gasteiger partial charge on any atom is 0.255 e. The van der Waals surface area contributed by atoms with Crippen molar-refractivity contribution >= 4 is 40.0 Å². The minimum absolute atomic E-state index is 0.112. The first kappa shape index (κ1) is 33.8. The number of carbonyl (C=O) groups excluding carboxylic acids is 3. The van der Waals surface area contributed by atoms with Gasteiger partial charge in [-0.1, -0.05) is 6.07 Å². The number of methoxy groups -OCH3 is 1. The first-order valence-corrected chi connectivity index (χ1v) is 18.1. The molecule has 3 aliphatic rings. The standard InChI is InChI=1S/C38H42FN9O4/c1-52-33-21-32-25(23-47(44-32)36-22-40-34-3-2-13-41-48(34)36)19-30(33)38(51)42-26-6-4-24(5-7-26)12-14-45-15-17-46(18-16-45)27-8-9-28(31(39)20-27)29-10-11-35(49)43-37(29)50/h2-3,8-9,13,19-24,26,29H,4-7,10-12,14-18H2,1H3,(H,42,51)(H,43,49,50). The number of imide groups is 1. The molecular formula is C38H42FN9O4. The summed E-state index contributed by atoms with van der Waals surface area (Å²) in [6.45, 7) is 4.45. The quantitative estimate of drug-likeness (QED) is 0.216. The Kier molecular flexibility index (Phi) is 9.30. The number of nitrogens with zero attached hydrogens (tertiary/aromatic N) is 7. The fourth-order valence-electron chi connectivity index (χ4n) is 7.93. The summed E-state index contributed by atoms with van der Waals surface area (Å²) in [7, 11) is 1.57. The molecule has 1 saturated carbocycles. The Morgan fingerprint density at radius 2 is 1.87 bits per heavy atom. The Morgan fingerprint density at radius 1 is 1.04 bits per heavy atom. The summed E-state index contributed by atoms with van der Waals surface area (Å²) in [5.74, 6) is -0.0948.